The lowest BCUT2D eigenvalue weighted by molar-refractivity contribution is 0.0549. The number of aliphatic hydroxyl groups is 1. The maximum atomic E-state index is 8.95. The highest BCUT2D eigenvalue weighted by molar-refractivity contribution is 4.92. The molecule has 1 saturated heterocycles. The van der Waals surface area contributed by atoms with Crippen LogP contribution < -0.4 is 0 Å². The van der Waals surface area contributed by atoms with E-state index in [4.69, 9.17) is 9.84 Å². The standard InChI is InChI=1S/C6H10O2/c1-3-4-5-6(2,7)8-5/h3,5,7H,1,4H2,2H3. The van der Waals surface area contributed by atoms with E-state index in [1.807, 2.05) is 0 Å². The zero-order chi connectivity index (χ0) is 6.20. The Bertz CT molecular complexity index is 107. The zero-order valence-electron chi connectivity index (χ0n) is 4.92. The van der Waals surface area contributed by atoms with Gasteiger partial charge < -0.3 is 9.84 Å². The van der Waals surface area contributed by atoms with Gasteiger partial charge in [0.15, 0.2) is 5.79 Å². The molecule has 0 bridgehead atoms. The summed E-state index contributed by atoms with van der Waals surface area (Å²) in [7, 11) is 0. The molecule has 1 aliphatic heterocycles. The Labute approximate surface area is 48.8 Å². The van der Waals surface area contributed by atoms with Crippen molar-refractivity contribution < 1.29 is 9.84 Å². The SMILES string of the molecule is C=CCC1OC1(C)O. The number of epoxide rings is 1. The quantitative estimate of drug-likeness (QED) is 0.422. The summed E-state index contributed by atoms with van der Waals surface area (Å²) in [4.78, 5) is 0. The fourth-order valence-electron chi connectivity index (χ4n) is 0.672. The van der Waals surface area contributed by atoms with Gasteiger partial charge in [-0.2, -0.15) is 0 Å². The Morgan fingerprint density at radius 2 is 2.50 bits per heavy atom. The lowest BCUT2D eigenvalue weighted by Crippen LogP contribution is -2.05. The summed E-state index contributed by atoms with van der Waals surface area (Å²) in [5.41, 5.74) is 0. The second kappa shape index (κ2) is 1.57. The molecule has 2 nitrogen and oxygen atoms in total. The molecule has 1 rings (SSSR count). The molecule has 0 radical (unpaired) electrons. The molecule has 2 atom stereocenters. The Morgan fingerprint density at radius 1 is 2.00 bits per heavy atom. The van der Waals surface area contributed by atoms with Crippen LogP contribution in [0, 0.1) is 0 Å². The maximum absolute atomic E-state index is 8.95. The molecule has 0 aromatic rings. The van der Waals surface area contributed by atoms with Crippen molar-refractivity contribution in [2.75, 3.05) is 0 Å². The van der Waals surface area contributed by atoms with Crippen molar-refractivity contribution in [3.05, 3.63) is 12.7 Å². The normalized spacial score (nSPS) is 44.0. The van der Waals surface area contributed by atoms with Crippen LogP contribution >= 0.6 is 0 Å². The first-order valence-electron chi connectivity index (χ1n) is 2.68. The molecule has 8 heavy (non-hydrogen) atoms. The third-order valence-electron chi connectivity index (χ3n) is 1.30. The fraction of sp³-hybridized carbons (Fsp3) is 0.667. The molecule has 1 fully saturated rings. The Kier molecular flexibility index (Phi) is 1.14. The van der Waals surface area contributed by atoms with Gasteiger partial charge in [0, 0.05) is 0 Å². The van der Waals surface area contributed by atoms with Crippen molar-refractivity contribution in [2.24, 2.45) is 0 Å². The summed E-state index contributed by atoms with van der Waals surface area (Å²) in [5, 5.41) is 8.95. The van der Waals surface area contributed by atoms with Crippen molar-refractivity contribution in [3.63, 3.8) is 0 Å². The van der Waals surface area contributed by atoms with Gasteiger partial charge >= 0.3 is 0 Å². The summed E-state index contributed by atoms with van der Waals surface area (Å²) >= 11 is 0. The van der Waals surface area contributed by atoms with Crippen molar-refractivity contribution in [1.82, 2.24) is 0 Å². The van der Waals surface area contributed by atoms with Crippen LogP contribution in [0.25, 0.3) is 0 Å². The van der Waals surface area contributed by atoms with E-state index < -0.39 is 5.79 Å². The average molecular weight is 114 g/mol. The molecule has 1 N–H and O–H groups in total. The lowest BCUT2D eigenvalue weighted by Gasteiger charge is -1.88. The molecule has 0 aromatic carbocycles. The zero-order valence-corrected chi connectivity index (χ0v) is 4.92. The first kappa shape index (κ1) is 5.79. The summed E-state index contributed by atoms with van der Waals surface area (Å²) < 4.78 is 4.83. The first-order chi connectivity index (χ1) is 3.67. The molecule has 1 aliphatic rings. The van der Waals surface area contributed by atoms with E-state index in [0.29, 0.717) is 0 Å². The largest absolute Gasteiger partial charge is 0.364 e. The van der Waals surface area contributed by atoms with Crippen LogP contribution in [0.5, 0.6) is 0 Å². The van der Waals surface area contributed by atoms with Gasteiger partial charge in [0.25, 0.3) is 0 Å². The number of ether oxygens (including phenoxy) is 1. The summed E-state index contributed by atoms with van der Waals surface area (Å²) in [6, 6.07) is 0. The minimum absolute atomic E-state index is 0.000000000000000222. The Hall–Kier alpha value is -0.340. The molecule has 0 aromatic heterocycles. The lowest BCUT2D eigenvalue weighted by atomic mass is 10.2. The summed E-state index contributed by atoms with van der Waals surface area (Å²) in [6.07, 6.45) is 2.49. The molecular formula is C6H10O2. The van der Waals surface area contributed by atoms with Crippen LogP contribution in [0.4, 0.5) is 0 Å². The van der Waals surface area contributed by atoms with E-state index in [0.717, 1.165) is 6.42 Å². The summed E-state index contributed by atoms with van der Waals surface area (Å²) in [6.45, 7) is 5.17. The van der Waals surface area contributed by atoms with Gasteiger partial charge in [0.1, 0.15) is 6.10 Å². The molecule has 2 unspecified atom stereocenters. The Morgan fingerprint density at radius 3 is 2.62 bits per heavy atom. The van der Waals surface area contributed by atoms with Crippen LogP contribution in [-0.2, 0) is 4.74 Å². The highest BCUT2D eigenvalue weighted by Crippen LogP contribution is 2.35. The summed E-state index contributed by atoms with van der Waals surface area (Å²) in [5.74, 6) is -0.853. The van der Waals surface area contributed by atoms with Gasteiger partial charge in [0.2, 0.25) is 0 Å². The van der Waals surface area contributed by atoms with Gasteiger partial charge in [-0.25, -0.2) is 0 Å². The van der Waals surface area contributed by atoms with E-state index in [2.05, 4.69) is 6.58 Å². The molecular weight excluding hydrogens is 104 g/mol. The van der Waals surface area contributed by atoms with E-state index >= 15 is 0 Å². The minimum atomic E-state index is -0.853. The van der Waals surface area contributed by atoms with Gasteiger partial charge in [-0.3, -0.25) is 0 Å². The van der Waals surface area contributed by atoms with Gasteiger partial charge in [0.05, 0.1) is 0 Å². The highest BCUT2D eigenvalue weighted by atomic mass is 16.7. The maximum Gasteiger partial charge on any atom is 0.190 e. The predicted octanol–water partition coefficient (Wildman–Crippen LogP) is 0.670. The van der Waals surface area contributed by atoms with Gasteiger partial charge in [-0.1, -0.05) is 6.08 Å². The highest BCUT2D eigenvalue weighted by Gasteiger charge is 2.49. The number of hydrogen-bond donors (Lipinski definition) is 1. The Balaban J connectivity index is 2.26. The monoisotopic (exact) mass is 114 g/mol. The van der Waals surface area contributed by atoms with E-state index in [-0.39, 0.29) is 6.10 Å². The van der Waals surface area contributed by atoms with Crippen LogP contribution in [-0.4, -0.2) is 17.0 Å². The van der Waals surface area contributed by atoms with Crippen molar-refractivity contribution in [3.8, 4) is 0 Å². The average Bonchev–Trinajstić information content (AvgIpc) is 2.15. The van der Waals surface area contributed by atoms with Crippen molar-refractivity contribution in [2.45, 2.75) is 25.2 Å². The van der Waals surface area contributed by atoms with Crippen LogP contribution in [0.3, 0.4) is 0 Å². The van der Waals surface area contributed by atoms with E-state index in [9.17, 15) is 0 Å². The smallest absolute Gasteiger partial charge is 0.190 e. The molecule has 0 amide bonds. The third-order valence-corrected chi connectivity index (χ3v) is 1.30. The molecule has 2 heteroatoms. The van der Waals surface area contributed by atoms with Gasteiger partial charge in [-0.15, -0.1) is 6.58 Å². The molecule has 0 spiro atoms. The number of hydrogen-bond acceptors (Lipinski definition) is 2. The minimum Gasteiger partial charge on any atom is -0.364 e. The van der Waals surface area contributed by atoms with Crippen LogP contribution in [0.2, 0.25) is 0 Å². The first-order valence-corrected chi connectivity index (χ1v) is 2.68. The van der Waals surface area contributed by atoms with Crippen molar-refractivity contribution >= 4 is 0 Å². The van der Waals surface area contributed by atoms with E-state index in [1.54, 1.807) is 13.0 Å². The number of rotatable bonds is 2. The topological polar surface area (TPSA) is 32.8 Å². The van der Waals surface area contributed by atoms with Crippen LogP contribution in [0.1, 0.15) is 13.3 Å². The van der Waals surface area contributed by atoms with E-state index in [1.165, 1.54) is 0 Å². The molecule has 0 saturated carbocycles. The molecule has 46 valence electrons. The second-order valence-corrected chi connectivity index (χ2v) is 2.19. The third kappa shape index (κ3) is 0.904. The fourth-order valence-corrected chi connectivity index (χ4v) is 0.672. The molecule has 0 aliphatic carbocycles. The predicted molar refractivity (Wildman–Crippen MR) is 30.3 cm³/mol. The van der Waals surface area contributed by atoms with Gasteiger partial charge in [-0.05, 0) is 13.3 Å². The second-order valence-electron chi connectivity index (χ2n) is 2.19. The van der Waals surface area contributed by atoms with Crippen LogP contribution in [0.15, 0.2) is 12.7 Å². The van der Waals surface area contributed by atoms with Crippen molar-refractivity contribution in [1.29, 1.82) is 0 Å². The molecule has 1 heterocycles.